The van der Waals surface area contributed by atoms with Crippen LogP contribution in [0, 0.1) is 23.2 Å². The van der Waals surface area contributed by atoms with Crippen LogP contribution in [0.5, 0.6) is 0 Å². The maximum Gasteiger partial charge on any atom is 0.308 e. The monoisotopic (exact) mass is 261 g/mol. The van der Waals surface area contributed by atoms with Gasteiger partial charge < -0.3 is 10.4 Å². The van der Waals surface area contributed by atoms with Crippen molar-refractivity contribution < 1.29 is 14.7 Å². The Balaban J connectivity index is 2.64. The van der Waals surface area contributed by atoms with Crippen LogP contribution in [0.4, 0.5) is 0 Å². The molecular weight excluding hydrogens is 246 g/mol. The van der Waals surface area contributed by atoms with E-state index in [1.54, 1.807) is 13.8 Å². The van der Waals surface area contributed by atoms with Gasteiger partial charge in [-0.05, 0) is 18.1 Å². The Morgan fingerprint density at radius 3 is 2.58 bits per heavy atom. The number of nitriles is 1. The number of carboxylic acid groups (broad SMARTS) is 1. The lowest BCUT2D eigenvalue weighted by Gasteiger charge is -2.16. The molecule has 2 N–H and O–H groups in total. The lowest BCUT2D eigenvalue weighted by molar-refractivity contribution is -0.142. The predicted molar refractivity (Wildman–Crippen MR) is 67.2 cm³/mol. The van der Waals surface area contributed by atoms with E-state index in [9.17, 15) is 9.59 Å². The molecule has 6 heteroatoms. The van der Waals surface area contributed by atoms with E-state index in [4.69, 9.17) is 10.4 Å². The summed E-state index contributed by atoms with van der Waals surface area (Å²) in [5.74, 6) is -2.10. The molecule has 0 radical (unpaired) electrons. The number of carbonyl (C=O) groups excluding carboxylic acids is 1. The van der Waals surface area contributed by atoms with Crippen molar-refractivity contribution in [1.29, 1.82) is 5.26 Å². The van der Waals surface area contributed by atoms with Crippen molar-refractivity contribution in [2.24, 2.45) is 11.8 Å². The number of nitrogens with one attached hydrogen (secondary N) is 1. The van der Waals surface area contributed by atoms with E-state index in [-0.39, 0.29) is 18.2 Å². The average molecular weight is 261 g/mol. The molecule has 1 rings (SSSR count). The van der Waals surface area contributed by atoms with Crippen LogP contribution in [0.25, 0.3) is 0 Å². The predicted octanol–water partition coefficient (Wildman–Crippen LogP) is 1.04. The Bertz CT molecular complexity index is 503. The van der Waals surface area contributed by atoms with Gasteiger partial charge in [0.2, 0.25) is 0 Å². The fourth-order valence-electron chi connectivity index (χ4n) is 1.50. The molecule has 1 aromatic heterocycles. The van der Waals surface area contributed by atoms with Gasteiger partial charge in [0.05, 0.1) is 11.5 Å². The first-order valence-corrected chi connectivity index (χ1v) is 5.83. The van der Waals surface area contributed by atoms with Crippen LogP contribution in [-0.2, 0) is 4.79 Å². The number of carboxylic acids is 1. The van der Waals surface area contributed by atoms with Crippen LogP contribution >= 0.6 is 0 Å². The summed E-state index contributed by atoms with van der Waals surface area (Å²) in [6.07, 6.45) is 1.30. The van der Waals surface area contributed by atoms with Gasteiger partial charge in [-0.1, -0.05) is 13.8 Å². The second-order valence-corrected chi connectivity index (χ2v) is 4.44. The molecule has 1 unspecified atom stereocenters. The topological polar surface area (TPSA) is 103 Å². The van der Waals surface area contributed by atoms with Crippen molar-refractivity contribution in [3.8, 4) is 6.07 Å². The van der Waals surface area contributed by atoms with Gasteiger partial charge in [0, 0.05) is 12.7 Å². The molecule has 100 valence electrons. The zero-order valence-corrected chi connectivity index (χ0v) is 10.8. The van der Waals surface area contributed by atoms with Gasteiger partial charge in [0.1, 0.15) is 11.8 Å². The molecule has 1 heterocycles. The van der Waals surface area contributed by atoms with E-state index < -0.39 is 17.8 Å². The minimum Gasteiger partial charge on any atom is -0.481 e. The van der Waals surface area contributed by atoms with E-state index in [2.05, 4.69) is 10.3 Å². The number of hydrogen-bond donors (Lipinski definition) is 2. The minimum atomic E-state index is -0.942. The summed E-state index contributed by atoms with van der Waals surface area (Å²) < 4.78 is 0. The summed E-state index contributed by atoms with van der Waals surface area (Å²) in [6, 6.07) is 4.82. The van der Waals surface area contributed by atoms with Gasteiger partial charge in [-0.3, -0.25) is 9.59 Å². The largest absolute Gasteiger partial charge is 0.481 e. The first-order valence-electron chi connectivity index (χ1n) is 5.83. The van der Waals surface area contributed by atoms with Crippen molar-refractivity contribution in [2.75, 3.05) is 6.54 Å². The molecule has 0 fully saturated rings. The second-order valence-electron chi connectivity index (χ2n) is 4.44. The van der Waals surface area contributed by atoms with Gasteiger partial charge in [0.15, 0.2) is 0 Å². The van der Waals surface area contributed by atoms with E-state index in [1.807, 2.05) is 6.07 Å². The van der Waals surface area contributed by atoms with E-state index >= 15 is 0 Å². The SMILES string of the molecule is CC(C)C(CNC(=O)c1ccc(C#N)cn1)C(=O)O. The zero-order valence-electron chi connectivity index (χ0n) is 10.8. The number of hydrogen-bond acceptors (Lipinski definition) is 4. The van der Waals surface area contributed by atoms with Crippen LogP contribution in [0.1, 0.15) is 29.9 Å². The summed E-state index contributed by atoms with van der Waals surface area (Å²) in [5, 5.41) is 20.1. The highest BCUT2D eigenvalue weighted by Crippen LogP contribution is 2.10. The lowest BCUT2D eigenvalue weighted by atomic mass is 9.96. The van der Waals surface area contributed by atoms with Crippen molar-refractivity contribution in [3.05, 3.63) is 29.6 Å². The number of aromatic nitrogens is 1. The summed E-state index contributed by atoms with van der Waals surface area (Å²) in [5.41, 5.74) is 0.522. The van der Waals surface area contributed by atoms with E-state index in [1.165, 1.54) is 18.3 Å². The van der Waals surface area contributed by atoms with Crippen LogP contribution in [0.3, 0.4) is 0 Å². The van der Waals surface area contributed by atoms with Crippen LogP contribution < -0.4 is 5.32 Å². The van der Waals surface area contributed by atoms with Crippen LogP contribution in [0.15, 0.2) is 18.3 Å². The van der Waals surface area contributed by atoms with Gasteiger partial charge in [-0.15, -0.1) is 0 Å². The summed E-state index contributed by atoms with van der Waals surface area (Å²) >= 11 is 0. The number of nitrogens with zero attached hydrogens (tertiary/aromatic N) is 2. The summed E-state index contributed by atoms with van der Waals surface area (Å²) in [6.45, 7) is 3.61. The van der Waals surface area contributed by atoms with Crippen LogP contribution in [-0.4, -0.2) is 28.5 Å². The average Bonchev–Trinajstić information content (AvgIpc) is 2.38. The molecule has 0 aliphatic carbocycles. The number of carbonyl (C=O) groups is 2. The Morgan fingerprint density at radius 1 is 1.47 bits per heavy atom. The van der Waals surface area contributed by atoms with E-state index in [0.717, 1.165) is 0 Å². The highest BCUT2D eigenvalue weighted by Gasteiger charge is 2.22. The third-order valence-corrected chi connectivity index (χ3v) is 2.73. The van der Waals surface area contributed by atoms with Crippen LogP contribution in [0.2, 0.25) is 0 Å². The zero-order chi connectivity index (χ0) is 14.4. The van der Waals surface area contributed by atoms with Gasteiger partial charge in [-0.25, -0.2) is 4.98 Å². The minimum absolute atomic E-state index is 0.0491. The van der Waals surface area contributed by atoms with Gasteiger partial charge in [-0.2, -0.15) is 5.26 Å². The summed E-state index contributed by atoms with van der Waals surface area (Å²) in [7, 11) is 0. The van der Waals surface area contributed by atoms with Crippen molar-refractivity contribution in [1.82, 2.24) is 10.3 Å². The highest BCUT2D eigenvalue weighted by molar-refractivity contribution is 5.92. The fraction of sp³-hybridized carbons (Fsp3) is 0.385. The standard InChI is InChI=1S/C13H15N3O3/c1-8(2)10(13(18)19)7-16-12(17)11-4-3-9(5-14)6-15-11/h3-4,6,8,10H,7H2,1-2H3,(H,16,17)(H,18,19). The molecule has 0 spiro atoms. The van der Waals surface area contributed by atoms with Gasteiger partial charge in [0.25, 0.3) is 5.91 Å². The molecule has 1 amide bonds. The molecular formula is C13H15N3O3. The molecule has 0 saturated carbocycles. The molecule has 6 nitrogen and oxygen atoms in total. The number of aliphatic carboxylic acids is 1. The maximum absolute atomic E-state index is 11.7. The third-order valence-electron chi connectivity index (χ3n) is 2.73. The van der Waals surface area contributed by atoms with Crippen molar-refractivity contribution in [3.63, 3.8) is 0 Å². The number of amides is 1. The first kappa shape index (κ1) is 14.6. The summed E-state index contributed by atoms with van der Waals surface area (Å²) in [4.78, 5) is 26.6. The highest BCUT2D eigenvalue weighted by atomic mass is 16.4. The molecule has 1 aromatic rings. The number of rotatable bonds is 5. The fourth-order valence-corrected chi connectivity index (χ4v) is 1.50. The van der Waals surface area contributed by atoms with Crippen molar-refractivity contribution in [2.45, 2.75) is 13.8 Å². The number of pyridine rings is 1. The normalized spacial score (nSPS) is 11.7. The Morgan fingerprint density at radius 2 is 2.16 bits per heavy atom. The molecule has 0 aromatic carbocycles. The Labute approximate surface area is 111 Å². The van der Waals surface area contributed by atoms with Gasteiger partial charge >= 0.3 is 5.97 Å². The van der Waals surface area contributed by atoms with E-state index in [0.29, 0.717) is 5.56 Å². The Kier molecular flexibility index (Phi) is 5.01. The molecule has 1 atom stereocenters. The third kappa shape index (κ3) is 4.07. The second kappa shape index (κ2) is 6.50. The smallest absolute Gasteiger partial charge is 0.308 e. The first-order chi connectivity index (χ1) is 8.95. The molecule has 0 bridgehead atoms. The molecule has 19 heavy (non-hydrogen) atoms. The molecule has 0 saturated heterocycles. The Hall–Kier alpha value is -2.42. The molecule has 0 aliphatic heterocycles. The van der Waals surface area contributed by atoms with Crippen molar-refractivity contribution >= 4 is 11.9 Å². The lowest BCUT2D eigenvalue weighted by Crippen LogP contribution is -2.35. The molecule has 0 aliphatic rings. The maximum atomic E-state index is 11.7. The quantitative estimate of drug-likeness (QED) is 0.824.